The maximum atomic E-state index is 12.2. The van der Waals surface area contributed by atoms with E-state index in [2.05, 4.69) is 6.08 Å². The van der Waals surface area contributed by atoms with Crippen molar-refractivity contribution in [3.63, 3.8) is 0 Å². The molecule has 0 saturated carbocycles. The summed E-state index contributed by atoms with van der Waals surface area (Å²) in [6.45, 7) is 0. The molecule has 4 heteroatoms. The molecule has 18 heavy (non-hydrogen) atoms. The van der Waals surface area contributed by atoms with Crippen molar-refractivity contribution in [3.05, 3.63) is 11.6 Å². The van der Waals surface area contributed by atoms with Gasteiger partial charge in [0, 0.05) is 6.42 Å². The van der Waals surface area contributed by atoms with E-state index in [1.807, 2.05) is 0 Å². The molecule has 0 aromatic rings. The largest absolute Gasteiger partial charge is 0.295 e. The van der Waals surface area contributed by atoms with E-state index in [-0.39, 0.29) is 23.2 Å². The van der Waals surface area contributed by atoms with E-state index in [0.29, 0.717) is 12.8 Å². The van der Waals surface area contributed by atoms with Crippen LogP contribution in [-0.4, -0.2) is 25.7 Å². The highest BCUT2D eigenvalue weighted by molar-refractivity contribution is 7.91. The van der Waals surface area contributed by atoms with Gasteiger partial charge in [0.25, 0.3) is 0 Å². The minimum absolute atomic E-state index is 0.0637. The maximum Gasteiger partial charge on any atom is 0.158 e. The lowest BCUT2D eigenvalue weighted by atomic mass is 9.92. The Hall–Kier alpha value is -0.640. The van der Waals surface area contributed by atoms with Crippen LogP contribution in [0.3, 0.4) is 0 Å². The minimum atomic E-state index is -2.86. The highest BCUT2D eigenvalue weighted by Gasteiger charge is 2.29. The number of hydrogen-bond donors (Lipinski definition) is 0. The van der Waals surface area contributed by atoms with Crippen molar-refractivity contribution in [1.82, 2.24) is 0 Å². The van der Waals surface area contributed by atoms with Crippen LogP contribution in [0.5, 0.6) is 0 Å². The lowest BCUT2D eigenvalue weighted by molar-refractivity contribution is -0.116. The lowest BCUT2D eigenvalue weighted by Crippen LogP contribution is -2.13. The van der Waals surface area contributed by atoms with Gasteiger partial charge in [-0.2, -0.15) is 0 Å². The number of ketones is 1. The molecule has 1 atom stereocenters. The molecular weight excluding hydrogens is 248 g/mol. The van der Waals surface area contributed by atoms with Gasteiger partial charge in [-0.3, -0.25) is 4.79 Å². The highest BCUT2D eigenvalue weighted by Crippen LogP contribution is 2.25. The van der Waals surface area contributed by atoms with Crippen molar-refractivity contribution in [2.75, 3.05) is 11.5 Å². The first-order chi connectivity index (χ1) is 8.57. The molecule has 0 spiro atoms. The molecule has 102 valence electrons. The van der Waals surface area contributed by atoms with Crippen LogP contribution in [0, 0.1) is 5.92 Å². The SMILES string of the molecule is O=C(CC1CCS(=O)(=O)C1)C1=CCCCCCC1. The first-order valence-corrected chi connectivity index (χ1v) is 8.81. The molecule has 2 rings (SSSR count). The number of carbonyl (C=O) groups is 1. The van der Waals surface area contributed by atoms with Crippen molar-refractivity contribution >= 4 is 15.6 Å². The van der Waals surface area contributed by atoms with Crippen LogP contribution in [0.1, 0.15) is 51.4 Å². The van der Waals surface area contributed by atoms with E-state index >= 15 is 0 Å². The normalized spacial score (nSPS) is 28.2. The van der Waals surface area contributed by atoms with Crippen LogP contribution < -0.4 is 0 Å². The van der Waals surface area contributed by atoms with Crippen LogP contribution in [0.2, 0.25) is 0 Å². The number of hydrogen-bond acceptors (Lipinski definition) is 3. The highest BCUT2D eigenvalue weighted by atomic mass is 32.2. The average molecular weight is 270 g/mol. The summed E-state index contributed by atoms with van der Waals surface area (Å²) >= 11 is 0. The zero-order valence-corrected chi connectivity index (χ0v) is 11.7. The van der Waals surface area contributed by atoms with Crippen LogP contribution in [0.25, 0.3) is 0 Å². The van der Waals surface area contributed by atoms with Crippen molar-refractivity contribution in [2.24, 2.45) is 5.92 Å². The average Bonchev–Trinajstić information content (AvgIpc) is 2.57. The molecule has 2 aliphatic rings. The van der Waals surface area contributed by atoms with E-state index in [1.165, 1.54) is 19.3 Å². The monoisotopic (exact) mass is 270 g/mol. The first kappa shape index (κ1) is 13.8. The fraction of sp³-hybridized carbons (Fsp3) is 0.786. The van der Waals surface area contributed by atoms with E-state index in [0.717, 1.165) is 24.8 Å². The fourth-order valence-electron chi connectivity index (χ4n) is 2.87. The summed E-state index contributed by atoms with van der Waals surface area (Å²) in [5.74, 6) is 0.739. The summed E-state index contributed by atoms with van der Waals surface area (Å²) in [5.41, 5.74) is 0.957. The fourth-order valence-corrected chi connectivity index (χ4v) is 4.73. The van der Waals surface area contributed by atoms with E-state index in [4.69, 9.17) is 0 Å². The molecular formula is C14H22O3S. The van der Waals surface area contributed by atoms with Crippen LogP contribution in [0.4, 0.5) is 0 Å². The molecule has 1 heterocycles. The van der Waals surface area contributed by atoms with E-state index in [9.17, 15) is 13.2 Å². The molecule has 0 bridgehead atoms. The van der Waals surface area contributed by atoms with Gasteiger partial charge < -0.3 is 0 Å². The standard InChI is InChI=1S/C14H22O3S/c15-14(10-12-8-9-18(16,17)11-12)13-6-4-2-1-3-5-7-13/h6,12H,1-5,7-11H2. The molecule has 3 nitrogen and oxygen atoms in total. The summed E-state index contributed by atoms with van der Waals surface area (Å²) in [6.07, 6.45) is 9.83. The van der Waals surface area contributed by atoms with Gasteiger partial charge in [-0.15, -0.1) is 0 Å². The van der Waals surface area contributed by atoms with Crippen LogP contribution in [0.15, 0.2) is 11.6 Å². The summed E-state index contributed by atoms with van der Waals surface area (Å²) in [6, 6.07) is 0. The molecule has 0 aromatic carbocycles. The van der Waals surface area contributed by atoms with Crippen molar-refractivity contribution in [1.29, 1.82) is 0 Å². The van der Waals surface area contributed by atoms with Gasteiger partial charge in [0.1, 0.15) is 0 Å². The van der Waals surface area contributed by atoms with Gasteiger partial charge in [-0.05, 0) is 43.6 Å². The molecule has 0 amide bonds. The number of Topliss-reactive ketones (excluding diaryl/α,β-unsaturated/α-hetero) is 1. The molecule has 0 aromatic heterocycles. The third kappa shape index (κ3) is 3.94. The molecule has 1 unspecified atom stereocenters. The predicted molar refractivity (Wildman–Crippen MR) is 72.2 cm³/mol. The van der Waals surface area contributed by atoms with Gasteiger partial charge in [0.15, 0.2) is 15.6 Å². The lowest BCUT2D eigenvalue weighted by Gasteiger charge is -2.12. The quantitative estimate of drug-likeness (QED) is 0.792. The Morgan fingerprint density at radius 1 is 1.22 bits per heavy atom. The van der Waals surface area contributed by atoms with Crippen LogP contribution >= 0.6 is 0 Å². The molecule has 0 N–H and O–H groups in total. The Balaban J connectivity index is 1.91. The number of sulfone groups is 1. The van der Waals surface area contributed by atoms with Crippen molar-refractivity contribution in [3.8, 4) is 0 Å². The molecule has 1 aliphatic heterocycles. The molecule has 1 aliphatic carbocycles. The Kier molecular flexibility index (Phi) is 4.60. The Labute approximate surface area is 110 Å². The Bertz CT molecular complexity index is 434. The van der Waals surface area contributed by atoms with Gasteiger partial charge >= 0.3 is 0 Å². The minimum Gasteiger partial charge on any atom is -0.295 e. The van der Waals surface area contributed by atoms with E-state index < -0.39 is 9.84 Å². The van der Waals surface area contributed by atoms with Gasteiger partial charge in [-0.25, -0.2) is 8.42 Å². The summed E-state index contributed by atoms with van der Waals surface area (Å²) in [7, 11) is -2.86. The number of carbonyl (C=O) groups excluding carboxylic acids is 1. The van der Waals surface area contributed by atoms with Crippen LogP contribution in [-0.2, 0) is 14.6 Å². The summed E-state index contributed by atoms with van der Waals surface area (Å²) in [4.78, 5) is 12.2. The summed E-state index contributed by atoms with van der Waals surface area (Å²) < 4.78 is 22.7. The first-order valence-electron chi connectivity index (χ1n) is 6.99. The number of allylic oxidation sites excluding steroid dienone is 2. The molecule has 1 fully saturated rings. The smallest absolute Gasteiger partial charge is 0.158 e. The zero-order chi connectivity index (χ0) is 13.0. The van der Waals surface area contributed by atoms with E-state index in [1.54, 1.807) is 0 Å². The van der Waals surface area contributed by atoms with Crippen molar-refractivity contribution in [2.45, 2.75) is 51.4 Å². The zero-order valence-electron chi connectivity index (χ0n) is 10.9. The topological polar surface area (TPSA) is 51.2 Å². The molecule has 0 radical (unpaired) electrons. The maximum absolute atomic E-state index is 12.2. The Morgan fingerprint density at radius 2 is 2.00 bits per heavy atom. The molecule has 1 saturated heterocycles. The second-order valence-electron chi connectivity index (χ2n) is 5.58. The Morgan fingerprint density at radius 3 is 2.72 bits per heavy atom. The van der Waals surface area contributed by atoms with Crippen molar-refractivity contribution < 1.29 is 13.2 Å². The second kappa shape index (κ2) is 6.00. The van der Waals surface area contributed by atoms with Gasteiger partial charge in [0.05, 0.1) is 11.5 Å². The second-order valence-corrected chi connectivity index (χ2v) is 7.81. The van der Waals surface area contributed by atoms with Gasteiger partial charge in [0.2, 0.25) is 0 Å². The third-order valence-electron chi connectivity index (χ3n) is 3.95. The summed E-state index contributed by atoms with van der Waals surface area (Å²) in [5, 5.41) is 0. The predicted octanol–water partition coefficient (Wildman–Crippen LogP) is 2.66. The van der Waals surface area contributed by atoms with Gasteiger partial charge in [-0.1, -0.05) is 18.9 Å². The third-order valence-corrected chi connectivity index (χ3v) is 5.79. The number of rotatable bonds is 3.